The Morgan fingerprint density at radius 1 is 1.53 bits per heavy atom. The highest BCUT2D eigenvalue weighted by Gasteiger charge is 2.29. The second-order valence-electron chi connectivity index (χ2n) is 4.74. The van der Waals surface area contributed by atoms with Gasteiger partial charge in [-0.2, -0.15) is 0 Å². The number of rotatable bonds is 5. The van der Waals surface area contributed by atoms with Crippen molar-refractivity contribution in [1.82, 2.24) is 0 Å². The van der Waals surface area contributed by atoms with Crippen LogP contribution in [-0.2, 0) is 9.53 Å². The van der Waals surface area contributed by atoms with Crippen LogP contribution in [0.4, 0.5) is 5.69 Å². The lowest BCUT2D eigenvalue weighted by atomic mass is 9.96. The van der Waals surface area contributed by atoms with Crippen LogP contribution in [0, 0.1) is 6.92 Å². The Morgan fingerprint density at radius 2 is 2.16 bits per heavy atom. The molecule has 5 nitrogen and oxygen atoms in total. The average molecular weight is 284 g/mol. The quantitative estimate of drug-likeness (QED) is 0.813. The third-order valence-electron chi connectivity index (χ3n) is 2.87. The summed E-state index contributed by atoms with van der Waals surface area (Å²) in [6.07, 6.45) is 1.39. The highest BCUT2D eigenvalue weighted by molar-refractivity contribution is 7.12. The van der Waals surface area contributed by atoms with Crippen LogP contribution in [0.5, 0.6) is 0 Å². The molecule has 0 aliphatic carbocycles. The Hall–Kier alpha value is -1.40. The lowest BCUT2D eigenvalue weighted by Crippen LogP contribution is -2.48. The van der Waals surface area contributed by atoms with Crippen LogP contribution in [0.1, 0.15) is 41.9 Å². The molecule has 3 N–H and O–H groups in total. The zero-order valence-corrected chi connectivity index (χ0v) is 12.5. The van der Waals surface area contributed by atoms with Crippen LogP contribution in [0.3, 0.4) is 0 Å². The summed E-state index contributed by atoms with van der Waals surface area (Å²) in [4.78, 5) is 24.2. The number of carbonyl (C=O) groups excluding carboxylic acids is 2. The first-order valence-corrected chi connectivity index (χ1v) is 6.98. The van der Waals surface area contributed by atoms with E-state index < -0.39 is 11.5 Å². The Morgan fingerprint density at radius 3 is 2.68 bits per heavy atom. The maximum absolute atomic E-state index is 12.2. The molecule has 1 rings (SSSR count). The van der Waals surface area contributed by atoms with E-state index >= 15 is 0 Å². The number of anilines is 1. The van der Waals surface area contributed by atoms with E-state index in [0.717, 1.165) is 12.0 Å². The van der Waals surface area contributed by atoms with Gasteiger partial charge in [-0.15, -0.1) is 11.3 Å². The first-order valence-electron chi connectivity index (χ1n) is 6.10. The van der Waals surface area contributed by atoms with E-state index in [9.17, 15) is 9.59 Å². The Kier molecular flexibility index (Phi) is 5.08. The molecule has 1 aromatic heterocycles. The molecule has 0 saturated heterocycles. The van der Waals surface area contributed by atoms with Crippen LogP contribution >= 0.6 is 11.3 Å². The summed E-state index contributed by atoms with van der Waals surface area (Å²) in [6, 6.07) is 0. The summed E-state index contributed by atoms with van der Waals surface area (Å²) in [7, 11) is 1.31. The molecule has 6 heteroatoms. The van der Waals surface area contributed by atoms with Gasteiger partial charge in [0.15, 0.2) is 0 Å². The number of ether oxygens (including phenoxy) is 1. The average Bonchev–Trinajstić information content (AvgIpc) is 2.70. The number of thiophene rings is 1. The molecule has 1 heterocycles. The third kappa shape index (κ3) is 3.54. The van der Waals surface area contributed by atoms with Gasteiger partial charge in [-0.3, -0.25) is 4.79 Å². The molecule has 19 heavy (non-hydrogen) atoms. The topological polar surface area (TPSA) is 81.4 Å². The van der Waals surface area contributed by atoms with Gasteiger partial charge >= 0.3 is 5.97 Å². The molecule has 0 aromatic carbocycles. The van der Waals surface area contributed by atoms with E-state index in [-0.39, 0.29) is 5.91 Å². The Balaban J connectivity index is 2.97. The van der Waals surface area contributed by atoms with Crippen LogP contribution in [0.2, 0.25) is 0 Å². The lowest BCUT2D eigenvalue weighted by Gasteiger charge is -2.23. The van der Waals surface area contributed by atoms with E-state index in [0.29, 0.717) is 17.0 Å². The van der Waals surface area contributed by atoms with Gasteiger partial charge in [0.2, 0.25) is 5.91 Å². The first-order chi connectivity index (χ1) is 8.83. The number of nitrogens with two attached hydrogens (primary N) is 1. The standard InChI is InChI=1S/C13H20N2O3S/c1-5-6-13(3,14)12(17)15-9-8(2)7-19-10(9)11(16)18-4/h7H,5-6,14H2,1-4H3,(H,15,17). The van der Waals surface area contributed by atoms with Crippen molar-refractivity contribution in [2.24, 2.45) is 5.73 Å². The molecule has 1 aromatic rings. The van der Waals surface area contributed by atoms with Gasteiger partial charge in [-0.05, 0) is 31.2 Å². The summed E-state index contributed by atoms with van der Waals surface area (Å²) in [5, 5.41) is 4.55. The number of amides is 1. The van der Waals surface area contributed by atoms with Gasteiger partial charge in [-0.1, -0.05) is 13.3 Å². The molecule has 1 atom stereocenters. The minimum atomic E-state index is -0.948. The fraction of sp³-hybridized carbons (Fsp3) is 0.538. The van der Waals surface area contributed by atoms with Crippen molar-refractivity contribution in [3.63, 3.8) is 0 Å². The highest BCUT2D eigenvalue weighted by Crippen LogP contribution is 2.29. The van der Waals surface area contributed by atoms with Gasteiger partial charge in [0, 0.05) is 0 Å². The molecule has 106 valence electrons. The molecule has 1 amide bonds. The monoisotopic (exact) mass is 284 g/mol. The zero-order valence-electron chi connectivity index (χ0n) is 11.7. The smallest absolute Gasteiger partial charge is 0.350 e. The van der Waals surface area contributed by atoms with Crippen molar-refractivity contribution in [1.29, 1.82) is 0 Å². The molecule has 0 spiro atoms. The van der Waals surface area contributed by atoms with Gasteiger partial charge in [-0.25, -0.2) is 4.79 Å². The third-order valence-corrected chi connectivity index (χ3v) is 3.95. The molecule has 0 fully saturated rings. The maximum Gasteiger partial charge on any atom is 0.350 e. The molecular formula is C13H20N2O3S. The number of esters is 1. The summed E-state index contributed by atoms with van der Waals surface area (Å²) >= 11 is 1.24. The van der Waals surface area contributed by atoms with E-state index in [1.165, 1.54) is 18.4 Å². The minimum Gasteiger partial charge on any atom is -0.465 e. The molecule has 0 aliphatic heterocycles. The number of aryl methyl sites for hydroxylation is 1. The molecule has 0 saturated carbocycles. The van der Waals surface area contributed by atoms with Crippen LogP contribution in [0.15, 0.2) is 5.38 Å². The van der Waals surface area contributed by atoms with Gasteiger partial charge in [0.25, 0.3) is 0 Å². The van der Waals surface area contributed by atoms with Gasteiger partial charge in [0.05, 0.1) is 18.3 Å². The fourth-order valence-corrected chi connectivity index (χ4v) is 2.65. The van der Waals surface area contributed by atoms with Crippen molar-refractivity contribution >= 4 is 28.9 Å². The van der Waals surface area contributed by atoms with Crippen LogP contribution in [0.25, 0.3) is 0 Å². The Bertz CT molecular complexity index is 480. The predicted molar refractivity (Wildman–Crippen MR) is 76.5 cm³/mol. The van der Waals surface area contributed by atoms with Crippen molar-refractivity contribution in [2.45, 2.75) is 39.2 Å². The molecule has 0 bridgehead atoms. The predicted octanol–water partition coefficient (Wildman–Crippen LogP) is 2.30. The highest BCUT2D eigenvalue weighted by atomic mass is 32.1. The summed E-state index contributed by atoms with van der Waals surface area (Å²) < 4.78 is 4.69. The summed E-state index contributed by atoms with van der Waals surface area (Å²) in [5.41, 5.74) is 6.34. The summed E-state index contributed by atoms with van der Waals surface area (Å²) in [6.45, 7) is 5.48. The minimum absolute atomic E-state index is 0.291. The van der Waals surface area contributed by atoms with E-state index in [2.05, 4.69) is 5.32 Å². The Labute approximate surface area is 117 Å². The van der Waals surface area contributed by atoms with Crippen LogP contribution < -0.4 is 11.1 Å². The van der Waals surface area contributed by atoms with E-state index in [4.69, 9.17) is 10.5 Å². The van der Waals surface area contributed by atoms with Crippen molar-refractivity contribution < 1.29 is 14.3 Å². The second kappa shape index (κ2) is 6.16. The van der Waals surface area contributed by atoms with Crippen molar-refractivity contribution in [3.05, 3.63) is 15.8 Å². The number of hydrogen-bond acceptors (Lipinski definition) is 5. The summed E-state index contributed by atoms with van der Waals surface area (Å²) in [5.74, 6) is -0.747. The second-order valence-corrected chi connectivity index (χ2v) is 5.62. The number of methoxy groups -OCH3 is 1. The fourth-order valence-electron chi connectivity index (χ4n) is 1.73. The molecular weight excluding hydrogens is 264 g/mol. The molecule has 0 radical (unpaired) electrons. The molecule has 0 aliphatic rings. The van der Waals surface area contributed by atoms with Crippen LogP contribution in [-0.4, -0.2) is 24.5 Å². The normalized spacial score (nSPS) is 13.7. The van der Waals surface area contributed by atoms with Gasteiger partial charge in [0.1, 0.15) is 4.88 Å². The lowest BCUT2D eigenvalue weighted by molar-refractivity contribution is -0.120. The SMILES string of the molecule is CCCC(C)(N)C(=O)Nc1c(C)csc1C(=O)OC. The molecule has 1 unspecified atom stereocenters. The number of nitrogens with one attached hydrogen (secondary N) is 1. The number of hydrogen-bond donors (Lipinski definition) is 2. The van der Waals surface area contributed by atoms with Crippen molar-refractivity contribution in [3.8, 4) is 0 Å². The van der Waals surface area contributed by atoms with Crippen molar-refractivity contribution in [2.75, 3.05) is 12.4 Å². The van der Waals surface area contributed by atoms with E-state index in [1.807, 2.05) is 13.8 Å². The first kappa shape index (κ1) is 15.7. The number of carbonyl (C=O) groups is 2. The van der Waals surface area contributed by atoms with E-state index in [1.54, 1.807) is 12.3 Å². The largest absolute Gasteiger partial charge is 0.465 e. The maximum atomic E-state index is 12.2. The zero-order chi connectivity index (χ0) is 14.6. The van der Waals surface area contributed by atoms with Gasteiger partial charge < -0.3 is 15.8 Å².